The van der Waals surface area contributed by atoms with Crippen molar-refractivity contribution in [2.24, 2.45) is 17.3 Å². The van der Waals surface area contributed by atoms with Gasteiger partial charge in [-0.25, -0.2) is 0 Å². The van der Waals surface area contributed by atoms with Gasteiger partial charge in [-0.15, -0.1) is 0 Å². The quantitative estimate of drug-likeness (QED) is 0.699. The van der Waals surface area contributed by atoms with Crippen LogP contribution >= 0.6 is 0 Å². The molecule has 0 aromatic carbocycles. The SMILES string of the molecule is CC=CC(C)(NCC(=O)C(C)(C)C(C)C)C(C)C. The maximum atomic E-state index is 12.3. The van der Waals surface area contributed by atoms with Crippen molar-refractivity contribution in [1.29, 1.82) is 0 Å². The van der Waals surface area contributed by atoms with Crippen molar-refractivity contribution in [2.45, 2.75) is 60.9 Å². The molecule has 1 N–H and O–H groups in total. The van der Waals surface area contributed by atoms with Gasteiger partial charge >= 0.3 is 0 Å². The van der Waals surface area contributed by atoms with Crippen LogP contribution in [0.2, 0.25) is 0 Å². The summed E-state index contributed by atoms with van der Waals surface area (Å²) in [5.74, 6) is 1.09. The highest BCUT2D eigenvalue weighted by Crippen LogP contribution is 2.27. The fourth-order valence-corrected chi connectivity index (χ4v) is 1.62. The van der Waals surface area contributed by atoms with Gasteiger partial charge < -0.3 is 5.32 Å². The van der Waals surface area contributed by atoms with Crippen molar-refractivity contribution < 1.29 is 4.79 Å². The summed E-state index contributed by atoms with van der Waals surface area (Å²) in [6.45, 7) is 17.2. The molecule has 0 rings (SSSR count). The van der Waals surface area contributed by atoms with Gasteiger partial charge in [-0.1, -0.05) is 53.7 Å². The Bertz CT molecular complexity index is 302. The van der Waals surface area contributed by atoms with Crippen LogP contribution in [0.1, 0.15) is 55.4 Å². The summed E-state index contributed by atoms with van der Waals surface area (Å²) >= 11 is 0. The first kappa shape index (κ1) is 17.4. The molecular formula is C16H31NO. The smallest absolute Gasteiger partial charge is 0.152 e. The minimum absolute atomic E-state index is 0.114. The summed E-state index contributed by atoms with van der Waals surface area (Å²) in [7, 11) is 0. The lowest BCUT2D eigenvalue weighted by Gasteiger charge is -2.34. The number of ketones is 1. The second-order valence-electron chi connectivity index (χ2n) is 6.59. The summed E-state index contributed by atoms with van der Waals surface area (Å²) in [5, 5.41) is 3.42. The highest BCUT2D eigenvalue weighted by molar-refractivity contribution is 5.86. The largest absolute Gasteiger partial charge is 0.301 e. The molecule has 1 atom stereocenters. The second kappa shape index (κ2) is 6.51. The molecular weight excluding hydrogens is 222 g/mol. The van der Waals surface area contributed by atoms with Crippen LogP contribution in [0.5, 0.6) is 0 Å². The predicted molar refractivity (Wildman–Crippen MR) is 79.7 cm³/mol. The topological polar surface area (TPSA) is 29.1 Å². The Morgan fingerprint density at radius 2 is 1.61 bits per heavy atom. The van der Waals surface area contributed by atoms with Crippen molar-refractivity contribution >= 4 is 5.78 Å². The van der Waals surface area contributed by atoms with Gasteiger partial charge in [-0.2, -0.15) is 0 Å². The molecule has 0 spiro atoms. The summed E-state index contributed by atoms with van der Waals surface area (Å²) in [4.78, 5) is 12.3. The molecule has 1 unspecified atom stereocenters. The van der Waals surface area contributed by atoms with Gasteiger partial charge in [0.05, 0.1) is 6.54 Å². The number of carbonyl (C=O) groups excluding carboxylic acids is 1. The van der Waals surface area contributed by atoms with E-state index in [1.807, 2.05) is 26.8 Å². The van der Waals surface area contributed by atoms with Gasteiger partial charge in [-0.3, -0.25) is 4.79 Å². The number of carbonyl (C=O) groups is 1. The van der Waals surface area contributed by atoms with E-state index in [0.717, 1.165) is 0 Å². The third kappa shape index (κ3) is 4.24. The molecule has 0 aromatic heterocycles. The van der Waals surface area contributed by atoms with Gasteiger partial charge in [0.15, 0.2) is 5.78 Å². The predicted octanol–water partition coefficient (Wildman–Crippen LogP) is 3.82. The van der Waals surface area contributed by atoms with Crippen molar-refractivity contribution in [1.82, 2.24) is 5.32 Å². The van der Waals surface area contributed by atoms with Gasteiger partial charge in [-0.05, 0) is 25.7 Å². The Kier molecular flexibility index (Phi) is 6.28. The summed E-state index contributed by atoms with van der Waals surface area (Å²) < 4.78 is 0. The minimum Gasteiger partial charge on any atom is -0.301 e. The first-order valence-electron chi connectivity index (χ1n) is 7.00. The molecule has 0 aliphatic carbocycles. The Morgan fingerprint density at radius 1 is 1.11 bits per heavy atom. The number of nitrogens with one attached hydrogen (secondary N) is 1. The third-order valence-electron chi connectivity index (χ3n) is 4.50. The third-order valence-corrected chi connectivity index (χ3v) is 4.50. The lowest BCUT2D eigenvalue weighted by Crippen LogP contribution is -2.49. The molecule has 0 amide bonds. The van der Waals surface area contributed by atoms with Crippen LogP contribution in [0.15, 0.2) is 12.2 Å². The van der Waals surface area contributed by atoms with Crippen molar-refractivity contribution in [3.05, 3.63) is 12.2 Å². The molecule has 0 heterocycles. The van der Waals surface area contributed by atoms with Crippen LogP contribution in [0.4, 0.5) is 0 Å². The van der Waals surface area contributed by atoms with E-state index in [0.29, 0.717) is 18.4 Å². The number of rotatable bonds is 7. The van der Waals surface area contributed by atoms with Gasteiger partial charge in [0.2, 0.25) is 0 Å². The first-order valence-corrected chi connectivity index (χ1v) is 7.00. The standard InChI is InChI=1S/C16H31NO/c1-9-10-16(8,13(4)5)17-11-14(18)15(6,7)12(2)3/h9-10,12-13,17H,11H2,1-8H3. The fraction of sp³-hybridized carbons (Fsp3) is 0.812. The van der Waals surface area contributed by atoms with E-state index in [9.17, 15) is 4.79 Å². The molecule has 106 valence electrons. The van der Waals surface area contributed by atoms with Gasteiger partial charge in [0, 0.05) is 11.0 Å². The van der Waals surface area contributed by atoms with E-state index in [1.165, 1.54) is 0 Å². The van der Waals surface area contributed by atoms with Crippen LogP contribution < -0.4 is 5.32 Å². The van der Waals surface area contributed by atoms with E-state index in [4.69, 9.17) is 0 Å². The maximum Gasteiger partial charge on any atom is 0.152 e. The molecule has 2 heteroatoms. The van der Waals surface area contributed by atoms with E-state index in [-0.39, 0.29) is 16.7 Å². The zero-order valence-electron chi connectivity index (χ0n) is 13.4. The van der Waals surface area contributed by atoms with E-state index < -0.39 is 0 Å². The summed E-state index contributed by atoms with van der Waals surface area (Å²) in [6.07, 6.45) is 4.19. The zero-order valence-corrected chi connectivity index (χ0v) is 13.4. The molecule has 0 saturated carbocycles. The minimum atomic E-state index is -0.263. The van der Waals surface area contributed by atoms with Crippen LogP contribution in [-0.4, -0.2) is 17.9 Å². The average molecular weight is 253 g/mol. The van der Waals surface area contributed by atoms with Crippen LogP contribution in [-0.2, 0) is 4.79 Å². The molecule has 0 aliphatic rings. The Balaban J connectivity index is 4.70. The fourth-order valence-electron chi connectivity index (χ4n) is 1.62. The van der Waals surface area contributed by atoms with Crippen LogP contribution in [0, 0.1) is 17.3 Å². The molecule has 2 nitrogen and oxygen atoms in total. The van der Waals surface area contributed by atoms with Gasteiger partial charge in [0.1, 0.15) is 0 Å². The molecule has 0 aliphatic heterocycles. The van der Waals surface area contributed by atoms with Crippen LogP contribution in [0.25, 0.3) is 0 Å². The Labute approximate surface area is 113 Å². The van der Waals surface area contributed by atoms with Crippen LogP contribution in [0.3, 0.4) is 0 Å². The number of hydrogen-bond donors (Lipinski definition) is 1. The van der Waals surface area contributed by atoms with E-state index in [2.05, 4.69) is 46.0 Å². The Morgan fingerprint density at radius 3 is 1.94 bits per heavy atom. The number of Topliss-reactive ketones (excluding diaryl/α,β-unsaturated/α-hetero) is 1. The zero-order chi connectivity index (χ0) is 14.6. The normalized spacial score (nSPS) is 16.6. The highest BCUT2D eigenvalue weighted by Gasteiger charge is 2.33. The Hall–Kier alpha value is -0.630. The second-order valence-corrected chi connectivity index (χ2v) is 6.59. The van der Waals surface area contributed by atoms with Crippen molar-refractivity contribution in [3.8, 4) is 0 Å². The average Bonchev–Trinajstić information content (AvgIpc) is 2.25. The number of allylic oxidation sites excluding steroid dienone is 1. The van der Waals surface area contributed by atoms with E-state index >= 15 is 0 Å². The van der Waals surface area contributed by atoms with Crippen molar-refractivity contribution in [2.75, 3.05) is 6.54 Å². The molecule has 0 aromatic rings. The molecule has 18 heavy (non-hydrogen) atoms. The molecule has 0 bridgehead atoms. The lowest BCUT2D eigenvalue weighted by atomic mass is 9.77. The van der Waals surface area contributed by atoms with E-state index in [1.54, 1.807) is 0 Å². The molecule has 0 radical (unpaired) electrons. The number of hydrogen-bond acceptors (Lipinski definition) is 2. The maximum absolute atomic E-state index is 12.3. The summed E-state index contributed by atoms with van der Waals surface area (Å²) in [5.41, 5.74) is -0.377. The lowest BCUT2D eigenvalue weighted by molar-refractivity contribution is -0.128. The molecule has 0 saturated heterocycles. The van der Waals surface area contributed by atoms with Gasteiger partial charge in [0.25, 0.3) is 0 Å². The monoisotopic (exact) mass is 253 g/mol. The molecule has 0 fully saturated rings. The highest BCUT2D eigenvalue weighted by atomic mass is 16.1. The van der Waals surface area contributed by atoms with Crippen molar-refractivity contribution in [3.63, 3.8) is 0 Å². The summed E-state index contributed by atoms with van der Waals surface area (Å²) in [6, 6.07) is 0. The first-order chi connectivity index (χ1) is 8.08.